The second kappa shape index (κ2) is 9.13. The maximum atomic E-state index is 12.3. The summed E-state index contributed by atoms with van der Waals surface area (Å²) in [4.78, 5) is 16.5. The molecule has 1 saturated heterocycles. The fourth-order valence-electron chi connectivity index (χ4n) is 3.07. The van der Waals surface area contributed by atoms with Crippen LogP contribution in [0.3, 0.4) is 0 Å². The fourth-order valence-corrected chi connectivity index (χ4v) is 3.07. The lowest BCUT2D eigenvalue weighted by Crippen LogP contribution is -2.52. The molecule has 0 saturated carbocycles. The van der Waals surface area contributed by atoms with E-state index in [9.17, 15) is 4.79 Å². The Kier molecular flexibility index (Phi) is 6.36. The van der Waals surface area contributed by atoms with Crippen LogP contribution in [0.1, 0.15) is 12.5 Å². The van der Waals surface area contributed by atoms with Crippen molar-refractivity contribution in [3.05, 3.63) is 60.2 Å². The van der Waals surface area contributed by atoms with Crippen LogP contribution in [-0.2, 0) is 6.42 Å². The number of hydrogen-bond acceptors (Lipinski definition) is 3. The van der Waals surface area contributed by atoms with Gasteiger partial charge in [-0.1, -0.05) is 37.3 Å². The topological polar surface area (TPSA) is 44.8 Å². The molecule has 1 aliphatic rings. The maximum Gasteiger partial charge on any atom is 0.317 e. The summed E-state index contributed by atoms with van der Waals surface area (Å²) in [6.45, 7) is 6.30. The summed E-state index contributed by atoms with van der Waals surface area (Å²) in [6.07, 6.45) is 1.02. The SMILES string of the molecule is CCc1ccc(OCCNC(=O)N2CCN(c3ccccc3)CC2)cc1. The van der Waals surface area contributed by atoms with Crippen molar-refractivity contribution in [2.45, 2.75) is 13.3 Å². The predicted octanol–water partition coefficient (Wildman–Crippen LogP) is 3.16. The van der Waals surface area contributed by atoms with Gasteiger partial charge < -0.3 is 19.9 Å². The Hall–Kier alpha value is -2.69. The Bertz CT molecular complexity index is 680. The molecule has 1 N–H and O–H groups in total. The monoisotopic (exact) mass is 353 g/mol. The Labute approximate surface area is 155 Å². The molecular weight excluding hydrogens is 326 g/mol. The van der Waals surface area contributed by atoms with Crippen LogP contribution < -0.4 is 15.0 Å². The van der Waals surface area contributed by atoms with Gasteiger partial charge in [-0.05, 0) is 36.2 Å². The fraction of sp³-hybridized carbons (Fsp3) is 0.381. The Morgan fingerprint density at radius 1 is 1.00 bits per heavy atom. The number of rotatable bonds is 6. The molecule has 1 fully saturated rings. The molecule has 0 spiro atoms. The first kappa shape index (κ1) is 18.1. The minimum absolute atomic E-state index is 0.0114. The molecule has 138 valence electrons. The number of piperazine rings is 1. The number of carbonyl (C=O) groups excluding carboxylic acids is 1. The van der Waals surface area contributed by atoms with Crippen molar-refractivity contribution in [1.82, 2.24) is 10.2 Å². The molecule has 5 nitrogen and oxygen atoms in total. The largest absolute Gasteiger partial charge is 0.492 e. The minimum atomic E-state index is -0.0114. The number of amides is 2. The molecule has 0 radical (unpaired) electrons. The number of aryl methyl sites for hydroxylation is 1. The smallest absolute Gasteiger partial charge is 0.317 e. The number of urea groups is 1. The summed E-state index contributed by atoms with van der Waals surface area (Å²) in [6, 6.07) is 18.4. The number of anilines is 1. The Balaban J connectivity index is 1.35. The van der Waals surface area contributed by atoms with Gasteiger partial charge in [-0.15, -0.1) is 0 Å². The molecule has 2 amide bonds. The van der Waals surface area contributed by atoms with E-state index in [1.165, 1.54) is 11.3 Å². The number of nitrogens with zero attached hydrogens (tertiary/aromatic N) is 2. The zero-order valence-electron chi connectivity index (χ0n) is 15.4. The quantitative estimate of drug-likeness (QED) is 0.812. The van der Waals surface area contributed by atoms with Crippen molar-refractivity contribution >= 4 is 11.7 Å². The first-order valence-corrected chi connectivity index (χ1v) is 9.31. The molecule has 2 aromatic rings. The molecule has 0 aromatic heterocycles. The molecule has 0 aliphatic carbocycles. The predicted molar refractivity (Wildman–Crippen MR) is 105 cm³/mol. The summed E-state index contributed by atoms with van der Waals surface area (Å²) in [5.74, 6) is 0.841. The maximum absolute atomic E-state index is 12.3. The Morgan fingerprint density at radius 3 is 2.35 bits per heavy atom. The van der Waals surface area contributed by atoms with Gasteiger partial charge in [0.15, 0.2) is 0 Å². The van der Waals surface area contributed by atoms with Crippen molar-refractivity contribution < 1.29 is 9.53 Å². The van der Waals surface area contributed by atoms with Crippen LogP contribution in [0, 0.1) is 0 Å². The number of benzene rings is 2. The molecule has 0 atom stereocenters. The van der Waals surface area contributed by atoms with E-state index >= 15 is 0 Å². The van der Waals surface area contributed by atoms with Crippen molar-refractivity contribution in [3.63, 3.8) is 0 Å². The molecule has 1 aliphatic heterocycles. The summed E-state index contributed by atoms with van der Waals surface area (Å²) in [7, 11) is 0. The van der Waals surface area contributed by atoms with E-state index in [-0.39, 0.29) is 6.03 Å². The number of hydrogen-bond donors (Lipinski definition) is 1. The standard InChI is InChI=1S/C21H27N3O2/c1-2-18-8-10-20(11-9-18)26-17-12-22-21(25)24-15-13-23(14-16-24)19-6-4-3-5-7-19/h3-11H,2,12-17H2,1H3,(H,22,25). The van der Waals surface area contributed by atoms with Gasteiger partial charge in [0.25, 0.3) is 0 Å². The van der Waals surface area contributed by atoms with Crippen LogP contribution in [0.2, 0.25) is 0 Å². The van der Waals surface area contributed by atoms with Crippen LogP contribution in [0.4, 0.5) is 10.5 Å². The van der Waals surface area contributed by atoms with Crippen LogP contribution in [0.15, 0.2) is 54.6 Å². The third kappa shape index (κ3) is 4.91. The van der Waals surface area contributed by atoms with Gasteiger partial charge in [0.1, 0.15) is 12.4 Å². The lowest BCUT2D eigenvalue weighted by atomic mass is 10.2. The van der Waals surface area contributed by atoms with E-state index in [1.807, 2.05) is 35.2 Å². The van der Waals surface area contributed by atoms with Crippen LogP contribution in [0.5, 0.6) is 5.75 Å². The van der Waals surface area contributed by atoms with E-state index in [0.717, 1.165) is 38.3 Å². The first-order chi connectivity index (χ1) is 12.8. The molecule has 3 rings (SSSR count). The highest BCUT2D eigenvalue weighted by Gasteiger charge is 2.20. The van der Waals surface area contributed by atoms with Crippen molar-refractivity contribution in [2.75, 3.05) is 44.2 Å². The average Bonchev–Trinajstić information content (AvgIpc) is 2.72. The normalized spacial score (nSPS) is 14.2. The molecular formula is C21H27N3O2. The van der Waals surface area contributed by atoms with E-state index < -0.39 is 0 Å². The van der Waals surface area contributed by atoms with Gasteiger partial charge in [-0.2, -0.15) is 0 Å². The van der Waals surface area contributed by atoms with E-state index in [1.54, 1.807) is 0 Å². The molecule has 0 bridgehead atoms. The first-order valence-electron chi connectivity index (χ1n) is 9.31. The third-order valence-electron chi connectivity index (χ3n) is 4.67. The number of nitrogens with one attached hydrogen (secondary N) is 1. The van der Waals surface area contributed by atoms with Gasteiger partial charge in [0.05, 0.1) is 6.54 Å². The lowest BCUT2D eigenvalue weighted by Gasteiger charge is -2.36. The second-order valence-electron chi connectivity index (χ2n) is 6.39. The van der Waals surface area contributed by atoms with Gasteiger partial charge in [-0.25, -0.2) is 4.79 Å². The van der Waals surface area contributed by atoms with Gasteiger partial charge in [-0.3, -0.25) is 0 Å². The molecule has 26 heavy (non-hydrogen) atoms. The van der Waals surface area contributed by atoms with E-state index in [2.05, 4.69) is 41.4 Å². The minimum Gasteiger partial charge on any atom is -0.492 e. The Morgan fingerprint density at radius 2 is 1.69 bits per heavy atom. The molecule has 5 heteroatoms. The molecule has 0 unspecified atom stereocenters. The van der Waals surface area contributed by atoms with Crippen molar-refractivity contribution in [1.29, 1.82) is 0 Å². The number of ether oxygens (including phenoxy) is 1. The third-order valence-corrected chi connectivity index (χ3v) is 4.67. The van der Waals surface area contributed by atoms with Crippen molar-refractivity contribution in [2.24, 2.45) is 0 Å². The van der Waals surface area contributed by atoms with Gasteiger partial charge in [0, 0.05) is 31.9 Å². The molecule has 2 aromatic carbocycles. The zero-order valence-corrected chi connectivity index (χ0v) is 15.4. The summed E-state index contributed by atoms with van der Waals surface area (Å²) >= 11 is 0. The van der Waals surface area contributed by atoms with Gasteiger partial charge >= 0.3 is 6.03 Å². The molecule has 1 heterocycles. The van der Waals surface area contributed by atoms with Crippen LogP contribution in [0.25, 0.3) is 0 Å². The highest BCUT2D eigenvalue weighted by Crippen LogP contribution is 2.15. The lowest BCUT2D eigenvalue weighted by molar-refractivity contribution is 0.191. The summed E-state index contributed by atoms with van der Waals surface area (Å²) in [5, 5.41) is 2.94. The highest BCUT2D eigenvalue weighted by molar-refractivity contribution is 5.74. The highest BCUT2D eigenvalue weighted by atomic mass is 16.5. The van der Waals surface area contributed by atoms with E-state index in [0.29, 0.717) is 13.2 Å². The summed E-state index contributed by atoms with van der Waals surface area (Å²) < 4.78 is 5.68. The van der Waals surface area contributed by atoms with Crippen LogP contribution >= 0.6 is 0 Å². The average molecular weight is 353 g/mol. The van der Waals surface area contributed by atoms with Crippen LogP contribution in [-0.4, -0.2) is 50.3 Å². The number of para-hydroxylation sites is 1. The van der Waals surface area contributed by atoms with E-state index in [4.69, 9.17) is 4.74 Å². The van der Waals surface area contributed by atoms with Crippen molar-refractivity contribution in [3.8, 4) is 5.75 Å². The number of carbonyl (C=O) groups is 1. The zero-order chi connectivity index (χ0) is 18.2. The van der Waals surface area contributed by atoms with Gasteiger partial charge in [0.2, 0.25) is 0 Å². The second-order valence-corrected chi connectivity index (χ2v) is 6.39. The summed E-state index contributed by atoms with van der Waals surface area (Å²) in [5.41, 5.74) is 2.51.